The average molecular weight is 419 g/mol. The highest BCUT2D eigenvalue weighted by atomic mass is 79.9. The summed E-state index contributed by atoms with van der Waals surface area (Å²) in [7, 11) is 0. The van der Waals surface area contributed by atoms with Gasteiger partial charge in [-0.25, -0.2) is 14.8 Å². The van der Waals surface area contributed by atoms with Crippen molar-refractivity contribution in [2.75, 3.05) is 5.88 Å². The minimum absolute atomic E-state index is 0.135. The van der Waals surface area contributed by atoms with E-state index in [0.29, 0.717) is 28.1 Å². The number of pyridine rings is 1. The third kappa shape index (κ3) is 3.81. The zero-order chi connectivity index (χ0) is 18.0. The molecule has 0 saturated heterocycles. The SMILES string of the molecule is NC(CCl)=Nc1cccc(-c2cc(C(=O)O)c3cc(Br)ccc3n2)c1. The second-order valence-corrected chi connectivity index (χ2v) is 6.49. The summed E-state index contributed by atoms with van der Waals surface area (Å²) in [6.45, 7) is 0. The van der Waals surface area contributed by atoms with E-state index in [4.69, 9.17) is 17.3 Å². The minimum Gasteiger partial charge on any atom is -0.478 e. The van der Waals surface area contributed by atoms with Crippen LogP contribution in [0.4, 0.5) is 5.69 Å². The van der Waals surface area contributed by atoms with Gasteiger partial charge in [-0.15, -0.1) is 11.6 Å². The standard InChI is InChI=1S/C18H13BrClN3O2/c19-11-4-5-15-13(7-11)14(18(24)25)8-16(23-15)10-2-1-3-12(6-10)22-17(21)9-20/h1-8H,9H2,(H2,21,22)(H,24,25). The minimum atomic E-state index is -1.01. The molecule has 0 bridgehead atoms. The number of hydrogen-bond donors (Lipinski definition) is 2. The summed E-state index contributed by atoms with van der Waals surface area (Å²) < 4.78 is 0.796. The Hall–Kier alpha value is -2.44. The van der Waals surface area contributed by atoms with E-state index < -0.39 is 5.97 Å². The normalized spacial score (nSPS) is 11.7. The highest BCUT2D eigenvalue weighted by Gasteiger charge is 2.13. The van der Waals surface area contributed by atoms with E-state index in [2.05, 4.69) is 25.9 Å². The number of carboxylic acids is 1. The molecule has 0 aliphatic carbocycles. The van der Waals surface area contributed by atoms with Gasteiger partial charge in [-0.1, -0.05) is 28.1 Å². The molecule has 0 radical (unpaired) electrons. The van der Waals surface area contributed by atoms with Crippen LogP contribution in [-0.4, -0.2) is 27.8 Å². The lowest BCUT2D eigenvalue weighted by molar-refractivity contribution is 0.0699. The molecule has 5 nitrogen and oxygen atoms in total. The molecular formula is C18H13BrClN3O2. The monoisotopic (exact) mass is 417 g/mol. The molecule has 2 aromatic carbocycles. The number of aromatic nitrogens is 1. The summed E-state index contributed by atoms with van der Waals surface area (Å²) >= 11 is 9.02. The molecule has 0 saturated carbocycles. The second-order valence-electron chi connectivity index (χ2n) is 5.31. The van der Waals surface area contributed by atoms with Gasteiger partial charge in [0.05, 0.1) is 28.3 Å². The fourth-order valence-electron chi connectivity index (χ4n) is 2.45. The maximum Gasteiger partial charge on any atom is 0.336 e. The molecule has 3 aromatic rings. The third-order valence-electron chi connectivity index (χ3n) is 3.55. The number of nitrogens with zero attached hydrogens (tertiary/aromatic N) is 2. The van der Waals surface area contributed by atoms with E-state index in [9.17, 15) is 9.90 Å². The molecule has 3 N–H and O–H groups in total. The predicted octanol–water partition coefficient (Wildman–Crippen LogP) is 4.59. The van der Waals surface area contributed by atoms with Crippen LogP contribution in [0.25, 0.3) is 22.2 Å². The topological polar surface area (TPSA) is 88.6 Å². The van der Waals surface area contributed by atoms with Gasteiger partial charge in [-0.05, 0) is 36.4 Å². The van der Waals surface area contributed by atoms with E-state index in [1.165, 1.54) is 0 Å². The Bertz CT molecular complexity index is 1000. The van der Waals surface area contributed by atoms with Crippen LogP contribution in [0.3, 0.4) is 0 Å². The third-order valence-corrected chi connectivity index (χ3v) is 4.32. The quantitative estimate of drug-likeness (QED) is 0.368. The van der Waals surface area contributed by atoms with Crippen molar-refractivity contribution in [3.8, 4) is 11.3 Å². The van der Waals surface area contributed by atoms with Crippen molar-refractivity contribution in [3.05, 3.63) is 58.6 Å². The molecule has 0 aliphatic rings. The maximum atomic E-state index is 11.7. The molecule has 0 atom stereocenters. The number of fused-ring (bicyclic) bond motifs is 1. The van der Waals surface area contributed by atoms with Gasteiger partial charge in [0.25, 0.3) is 0 Å². The van der Waals surface area contributed by atoms with E-state index in [1.807, 2.05) is 18.2 Å². The summed E-state index contributed by atoms with van der Waals surface area (Å²) in [5, 5.41) is 10.1. The first-order valence-electron chi connectivity index (χ1n) is 7.31. The number of aliphatic imine (C=N–C) groups is 1. The van der Waals surface area contributed by atoms with E-state index in [0.717, 1.165) is 10.0 Å². The molecule has 7 heteroatoms. The number of aromatic carboxylic acids is 1. The number of halogens is 2. The Balaban J connectivity index is 2.18. The number of hydrogen-bond acceptors (Lipinski definition) is 3. The largest absolute Gasteiger partial charge is 0.478 e. The molecule has 25 heavy (non-hydrogen) atoms. The van der Waals surface area contributed by atoms with Crippen molar-refractivity contribution in [3.63, 3.8) is 0 Å². The second kappa shape index (κ2) is 7.21. The molecule has 0 spiro atoms. The van der Waals surface area contributed by atoms with Crippen LogP contribution in [0.15, 0.2) is 58.0 Å². The molecule has 126 valence electrons. The van der Waals surface area contributed by atoms with Crippen LogP contribution in [-0.2, 0) is 0 Å². The first-order chi connectivity index (χ1) is 12.0. The van der Waals surface area contributed by atoms with Crippen LogP contribution in [0.1, 0.15) is 10.4 Å². The smallest absolute Gasteiger partial charge is 0.336 e. The zero-order valence-corrected chi connectivity index (χ0v) is 15.3. The molecule has 0 fully saturated rings. The summed E-state index contributed by atoms with van der Waals surface area (Å²) in [5.74, 6) is -0.565. The van der Waals surface area contributed by atoms with Crippen molar-refractivity contribution < 1.29 is 9.90 Å². The van der Waals surface area contributed by atoms with Gasteiger partial charge < -0.3 is 10.8 Å². The number of nitrogens with two attached hydrogens (primary N) is 1. The van der Waals surface area contributed by atoms with Crippen molar-refractivity contribution in [1.82, 2.24) is 4.98 Å². The van der Waals surface area contributed by atoms with Crippen LogP contribution in [0, 0.1) is 0 Å². The number of rotatable bonds is 4. The molecule has 0 aliphatic heterocycles. The lowest BCUT2D eigenvalue weighted by Gasteiger charge is -2.08. The predicted molar refractivity (Wildman–Crippen MR) is 104 cm³/mol. The van der Waals surface area contributed by atoms with Gasteiger partial charge in [-0.3, -0.25) is 0 Å². The van der Waals surface area contributed by atoms with E-state index >= 15 is 0 Å². The molecular weight excluding hydrogens is 406 g/mol. The highest BCUT2D eigenvalue weighted by molar-refractivity contribution is 9.10. The summed E-state index contributed by atoms with van der Waals surface area (Å²) in [4.78, 5) is 20.5. The lowest BCUT2D eigenvalue weighted by Crippen LogP contribution is -2.12. The van der Waals surface area contributed by atoms with Crippen molar-refractivity contribution >= 4 is 55.9 Å². The summed E-state index contributed by atoms with van der Waals surface area (Å²) in [6, 6.07) is 14.1. The fraction of sp³-hybridized carbons (Fsp3) is 0.0556. The Morgan fingerprint density at radius 1 is 1.24 bits per heavy atom. The summed E-state index contributed by atoms with van der Waals surface area (Å²) in [5.41, 5.74) is 8.39. The molecule has 1 aromatic heterocycles. The van der Waals surface area contributed by atoms with Crippen LogP contribution in [0.5, 0.6) is 0 Å². The molecule has 0 amide bonds. The number of benzene rings is 2. The number of carboxylic acid groups (broad SMARTS) is 1. The Kier molecular flexibility index (Phi) is 5.01. The number of amidine groups is 1. The van der Waals surface area contributed by atoms with Crippen LogP contribution >= 0.6 is 27.5 Å². The van der Waals surface area contributed by atoms with Crippen molar-refractivity contribution in [2.45, 2.75) is 0 Å². The van der Waals surface area contributed by atoms with Crippen molar-refractivity contribution in [1.29, 1.82) is 0 Å². The number of carbonyl (C=O) groups is 1. The Labute approximate surface area is 157 Å². The Morgan fingerprint density at radius 2 is 2.04 bits per heavy atom. The fourth-order valence-corrected chi connectivity index (χ4v) is 2.87. The first-order valence-corrected chi connectivity index (χ1v) is 8.63. The zero-order valence-electron chi connectivity index (χ0n) is 12.9. The number of alkyl halides is 1. The van der Waals surface area contributed by atoms with E-state index in [-0.39, 0.29) is 11.4 Å². The first kappa shape index (κ1) is 17.4. The average Bonchev–Trinajstić information content (AvgIpc) is 2.60. The summed E-state index contributed by atoms with van der Waals surface area (Å²) in [6.07, 6.45) is 0. The van der Waals surface area contributed by atoms with Gasteiger partial charge in [0.1, 0.15) is 5.84 Å². The Morgan fingerprint density at radius 3 is 2.76 bits per heavy atom. The highest BCUT2D eigenvalue weighted by Crippen LogP contribution is 2.29. The molecule has 0 unspecified atom stereocenters. The molecule has 3 rings (SSSR count). The van der Waals surface area contributed by atoms with Crippen LogP contribution < -0.4 is 5.73 Å². The maximum absolute atomic E-state index is 11.7. The van der Waals surface area contributed by atoms with Gasteiger partial charge >= 0.3 is 5.97 Å². The van der Waals surface area contributed by atoms with E-state index in [1.54, 1.807) is 30.3 Å². The van der Waals surface area contributed by atoms with Gasteiger partial charge in [0.2, 0.25) is 0 Å². The molecule has 1 heterocycles. The van der Waals surface area contributed by atoms with Gasteiger partial charge in [0, 0.05) is 15.4 Å². The van der Waals surface area contributed by atoms with Crippen molar-refractivity contribution in [2.24, 2.45) is 10.7 Å². The lowest BCUT2D eigenvalue weighted by atomic mass is 10.0. The van der Waals surface area contributed by atoms with Crippen LogP contribution in [0.2, 0.25) is 0 Å². The van der Waals surface area contributed by atoms with Gasteiger partial charge in [0.15, 0.2) is 0 Å². The van der Waals surface area contributed by atoms with Gasteiger partial charge in [-0.2, -0.15) is 0 Å².